The summed E-state index contributed by atoms with van der Waals surface area (Å²) >= 11 is 12.7. The third-order valence-corrected chi connectivity index (χ3v) is 8.74. The Bertz CT molecular complexity index is 1860. The number of benzene rings is 3. The molecule has 0 radical (unpaired) electrons. The minimum absolute atomic E-state index is 0.180. The van der Waals surface area contributed by atoms with Crippen LogP contribution in [0.2, 0.25) is 10.2 Å². The summed E-state index contributed by atoms with van der Waals surface area (Å²) in [5, 5.41) is 0.855. The summed E-state index contributed by atoms with van der Waals surface area (Å²) in [4.78, 5) is 26.4. The molecule has 1 saturated heterocycles. The fourth-order valence-electron chi connectivity index (χ4n) is 5.71. The number of methoxy groups -OCH3 is 1. The number of halogens is 3. The molecule has 238 valence electrons. The summed E-state index contributed by atoms with van der Waals surface area (Å²) in [5.74, 6) is 0.857. The zero-order valence-electron chi connectivity index (χ0n) is 25.0. The number of ketones is 1. The Morgan fingerprint density at radius 2 is 1.87 bits per heavy atom. The average molecular weight is 665 g/mol. The first-order valence-corrected chi connectivity index (χ1v) is 15.6. The molecule has 6 rings (SSSR count). The van der Waals surface area contributed by atoms with Crippen LogP contribution in [0.25, 0.3) is 11.0 Å². The molecule has 0 aliphatic carbocycles. The van der Waals surface area contributed by atoms with Crippen molar-refractivity contribution in [1.82, 2.24) is 15.0 Å². The van der Waals surface area contributed by atoms with Crippen LogP contribution >= 0.6 is 23.2 Å². The molecular weight excluding hydrogens is 632 g/mol. The van der Waals surface area contributed by atoms with E-state index in [1.807, 2.05) is 24.3 Å². The maximum atomic E-state index is 14.4. The second kappa shape index (κ2) is 14.0. The van der Waals surface area contributed by atoms with Crippen LogP contribution in [0.4, 0.5) is 15.8 Å². The number of anilines is 2. The zero-order chi connectivity index (χ0) is 32.2. The van der Waals surface area contributed by atoms with Crippen molar-refractivity contribution < 1.29 is 23.4 Å². The van der Waals surface area contributed by atoms with Crippen molar-refractivity contribution in [3.63, 3.8) is 0 Å². The zero-order valence-corrected chi connectivity index (χ0v) is 26.5. The summed E-state index contributed by atoms with van der Waals surface area (Å²) < 4.78 is 32.2. The number of carbonyl (C=O) groups is 1. The number of ether oxygens (including phenoxy) is 3. The Morgan fingerprint density at radius 3 is 2.63 bits per heavy atom. The molecule has 1 aliphatic heterocycles. The quantitative estimate of drug-likeness (QED) is 0.0636. The van der Waals surface area contributed by atoms with Crippen LogP contribution in [-0.2, 0) is 16.1 Å². The third kappa shape index (κ3) is 7.10. The summed E-state index contributed by atoms with van der Waals surface area (Å²) in [7, 11) is 1.64. The van der Waals surface area contributed by atoms with Gasteiger partial charge in [0.1, 0.15) is 34.4 Å². The Hall–Kier alpha value is -4.22. The lowest BCUT2D eigenvalue weighted by molar-refractivity contribution is -0.142. The molecule has 3 aromatic carbocycles. The van der Waals surface area contributed by atoms with E-state index >= 15 is 0 Å². The summed E-state index contributed by atoms with van der Waals surface area (Å²) in [5.41, 5.74) is 8.71. The van der Waals surface area contributed by atoms with E-state index in [2.05, 4.69) is 19.9 Å². The molecule has 1 fully saturated rings. The van der Waals surface area contributed by atoms with Gasteiger partial charge >= 0.3 is 0 Å². The maximum Gasteiger partial charge on any atom is 0.196 e. The standard InChI is InChI=1S/C34H32Cl2FN5O4/c1-44-30(14-20-9-11-42(12-10-20)29-8-5-22(38)15-28(29)37)45-18-21-3-2-4-23(13-21)46-24-6-7-25(27(35)16-24)32(43)26-17-39-34-31(26)33(36)40-19-41-34/h2-8,13,15-17,19-20,30H,9-12,14,18,38H2,1H3,(H,39,40,41). The number of fused-ring (bicyclic) bond motifs is 1. The molecule has 0 spiro atoms. The molecule has 0 saturated carbocycles. The van der Waals surface area contributed by atoms with Crippen molar-refractivity contribution in [2.45, 2.75) is 32.2 Å². The molecule has 1 atom stereocenters. The van der Waals surface area contributed by atoms with Crippen molar-refractivity contribution in [3.8, 4) is 11.5 Å². The molecule has 1 aliphatic rings. The van der Waals surface area contributed by atoms with Gasteiger partial charge in [0.25, 0.3) is 0 Å². The molecule has 0 bridgehead atoms. The number of H-pyrrole nitrogens is 1. The Labute approximate surface area is 275 Å². The third-order valence-electron chi connectivity index (χ3n) is 8.14. The predicted molar refractivity (Wildman–Crippen MR) is 176 cm³/mol. The second-order valence-electron chi connectivity index (χ2n) is 11.2. The lowest BCUT2D eigenvalue weighted by Gasteiger charge is -2.35. The van der Waals surface area contributed by atoms with Crippen molar-refractivity contribution in [3.05, 3.63) is 106 Å². The van der Waals surface area contributed by atoms with E-state index in [0.717, 1.165) is 37.9 Å². The smallest absolute Gasteiger partial charge is 0.196 e. The first-order chi connectivity index (χ1) is 22.3. The Kier molecular flexibility index (Phi) is 9.70. The number of aromatic amines is 1. The molecular formula is C34H32Cl2FN5O4. The predicted octanol–water partition coefficient (Wildman–Crippen LogP) is 7.81. The maximum absolute atomic E-state index is 14.4. The van der Waals surface area contributed by atoms with Gasteiger partial charge in [-0.2, -0.15) is 0 Å². The number of aromatic nitrogens is 3. The summed E-state index contributed by atoms with van der Waals surface area (Å²) in [6.07, 6.45) is 5.05. The topological polar surface area (TPSA) is 116 Å². The van der Waals surface area contributed by atoms with Gasteiger partial charge in [0.2, 0.25) is 0 Å². The minimum atomic E-state index is -0.378. The van der Waals surface area contributed by atoms with Gasteiger partial charge in [-0.3, -0.25) is 4.79 Å². The molecule has 0 amide bonds. The van der Waals surface area contributed by atoms with Gasteiger partial charge in [0, 0.05) is 50.1 Å². The van der Waals surface area contributed by atoms with Gasteiger partial charge in [-0.05, 0) is 66.8 Å². The Morgan fingerprint density at radius 1 is 1.07 bits per heavy atom. The van der Waals surface area contributed by atoms with Crippen LogP contribution in [-0.4, -0.2) is 47.2 Å². The van der Waals surface area contributed by atoms with E-state index in [1.165, 1.54) is 12.4 Å². The van der Waals surface area contributed by atoms with Crippen molar-refractivity contribution in [1.29, 1.82) is 0 Å². The van der Waals surface area contributed by atoms with Gasteiger partial charge in [0.05, 0.1) is 28.3 Å². The van der Waals surface area contributed by atoms with E-state index in [0.29, 0.717) is 57.6 Å². The van der Waals surface area contributed by atoms with E-state index in [4.69, 9.17) is 43.1 Å². The number of piperidine rings is 1. The number of nitrogens with one attached hydrogen (secondary N) is 1. The van der Waals surface area contributed by atoms with Crippen LogP contribution in [0.15, 0.2) is 73.2 Å². The highest BCUT2D eigenvalue weighted by Crippen LogP contribution is 2.32. The number of rotatable bonds is 11. The van der Waals surface area contributed by atoms with Gasteiger partial charge in [-0.1, -0.05) is 35.3 Å². The molecule has 46 heavy (non-hydrogen) atoms. The molecule has 2 aromatic heterocycles. The number of nitrogens with zero attached hydrogens (tertiary/aromatic N) is 3. The number of nitrogen functional groups attached to an aromatic ring is 1. The molecule has 9 nitrogen and oxygen atoms in total. The van der Waals surface area contributed by atoms with E-state index in [1.54, 1.807) is 43.6 Å². The lowest BCUT2D eigenvalue weighted by Crippen LogP contribution is -2.35. The van der Waals surface area contributed by atoms with Gasteiger partial charge in [-0.15, -0.1) is 0 Å². The first kappa shape index (κ1) is 31.7. The monoisotopic (exact) mass is 663 g/mol. The number of nitrogens with two attached hydrogens (primary N) is 1. The minimum Gasteiger partial charge on any atom is -0.457 e. The molecule has 12 heteroatoms. The second-order valence-corrected chi connectivity index (χ2v) is 11.9. The van der Waals surface area contributed by atoms with Gasteiger partial charge in [-0.25, -0.2) is 14.4 Å². The highest BCUT2D eigenvalue weighted by atomic mass is 35.5. The van der Waals surface area contributed by atoms with E-state index < -0.39 is 0 Å². The van der Waals surface area contributed by atoms with Crippen LogP contribution in [0.1, 0.15) is 40.7 Å². The highest BCUT2D eigenvalue weighted by molar-refractivity contribution is 6.38. The van der Waals surface area contributed by atoms with Gasteiger partial charge in [0.15, 0.2) is 12.1 Å². The molecule has 3 N–H and O–H groups in total. The van der Waals surface area contributed by atoms with Crippen LogP contribution in [0.3, 0.4) is 0 Å². The van der Waals surface area contributed by atoms with E-state index in [9.17, 15) is 9.18 Å². The highest BCUT2D eigenvalue weighted by Gasteiger charge is 2.25. The SMILES string of the molecule is COC(CC1CCN(c2ccc(N)cc2F)CC1)OCc1cccc(Oc2ccc(C(=O)c3c[nH]c4ncnc(Cl)c34)c(Cl)c2)c1. The number of hydrogen-bond acceptors (Lipinski definition) is 8. The van der Waals surface area contributed by atoms with Crippen LogP contribution in [0.5, 0.6) is 11.5 Å². The van der Waals surface area contributed by atoms with Crippen LogP contribution in [0, 0.1) is 11.7 Å². The van der Waals surface area contributed by atoms with Crippen molar-refractivity contribution in [2.24, 2.45) is 5.92 Å². The van der Waals surface area contributed by atoms with Crippen molar-refractivity contribution >= 4 is 51.4 Å². The van der Waals surface area contributed by atoms with Gasteiger partial charge < -0.3 is 29.8 Å². The first-order valence-electron chi connectivity index (χ1n) is 14.8. The molecule has 5 aromatic rings. The largest absolute Gasteiger partial charge is 0.457 e. The fraction of sp³-hybridized carbons (Fsp3) is 0.265. The molecule has 1 unspecified atom stereocenters. The van der Waals surface area contributed by atoms with Crippen LogP contribution < -0.4 is 15.4 Å². The molecule has 3 heterocycles. The average Bonchev–Trinajstić information content (AvgIpc) is 3.49. The normalized spacial score (nSPS) is 14.5. The lowest BCUT2D eigenvalue weighted by atomic mass is 9.93. The Balaban J connectivity index is 1.03. The fourth-order valence-corrected chi connectivity index (χ4v) is 6.20. The van der Waals surface area contributed by atoms with Crippen molar-refractivity contribution in [2.75, 3.05) is 30.8 Å². The summed E-state index contributed by atoms with van der Waals surface area (Å²) in [6, 6.07) is 17.3. The number of carbonyl (C=O) groups excluding carboxylic acids is 1. The van der Waals surface area contributed by atoms with E-state index in [-0.39, 0.29) is 28.1 Å². The summed E-state index contributed by atoms with van der Waals surface area (Å²) in [6.45, 7) is 1.84. The number of hydrogen-bond donors (Lipinski definition) is 2.